The molecule has 3 heteroatoms. The molecule has 1 N–H and O–H groups in total. The molecule has 2 fully saturated rings. The van der Waals surface area contributed by atoms with E-state index in [1.165, 1.54) is 25.7 Å². The van der Waals surface area contributed by atoms with Crippen LogP contribution in [0.2, 0.25) is 0 Å². The predicted octanol–water partition coefficient (Wildman–Crippen LogP) is 3.09. The summed E-state index contributed by atoms with van der Waals surface area (Å²) in [7, 11) is 0. The van der Waals surface area contributed by atoms with Crippen molar-refractivity contribution in [1.82, 2.24) is 5.32 Å². The SMILES string of the molecule is CC(C)(C)OC(=O)N[C@@H]1CCCC2CC[C@H]21. The van der Waals surface area contributed by atoms with Crippen LogP contribution in [0.3, 0.4) is 0 Å². The van der Waals surface area contributed by atoms with E-state index < -0.39 is 5.60 Å². The fourth-order valence-electron chi connectivity index (χ4n) is 2.94. The van der Waals surface area contributed by atoms with Gasteiger partial charge in [-0.25, -0.2) is 4.79 Å². The minimum Gasteiger partial charge on any atom is -0.444 e. The van der Waals surface area contributed by atoms with Crippen molar-refractivity contribution >= 4 is 6.09 Å². The Labute approximate surface area is 97.9 Å². The number of hydrogen-bond donors (Lipinski definition) is 1. The van der Waals surface area contributed by atoms with Crippen molar-refractivity contribution in [2.75, 3.05) is 0 Å². The Morgan fingerprint density at radius 1 is 1.19 bits per heavy atom. The minimum absolute atomic E-state index is 0.245. The van der Waals surface area contributed by atoms with Crippen LogP contribution in [0.5, 0.6) is 0 Å². The zero-order valence-corrected chi connectivity index (χ0v) is 10.6. The maximum atomic E-state index is 11.7. The van der Waals surface area contributed by atoms with Gasteiger partial charge in [0, 0.05) is 6.04 Å². The van der Waals surface area contributed by atoms with E-state index in [4.69, 9.17) is 4.74 Å². The fraction of sp³-hybridized carbons (Fsp3) is 0.923. The Balaban J connectivity index is 1.82. The third-order valence-electron chi connectivity index (χ3n) is 3.79. The molecule has 3 atom stereocenters. The summed E-state index contributed by atoms with van der Waals surface area (Å²) in [5.41, 5.74) is -0.391. The number of carbonyl (C=O) groups excluding carboxylic acids is 1. The highest BCUT2D eigenvalue weighted by Gasteiger charge is 2.40. The van der Waals surface area contributed by atoms with Crippen molar-refractivity contribution in [3.8, 4) is 0 Å². The predicted molar refractivity (Wildman–Crippen MR) is 63.2 cm³/mol. The number of hydrogen-bond acceptors (Lipinski definition) is 2. The second-order valence-electron chi connectivity index (χ2n) is 6.18. The molecule has 0 aromatic rings. The molecule has 2 rings (SSSR count). The lowest BCUT2D eigenvalue weighted by Crippen LogP contribution is -2.50. The van der Waals surface area contributed by atoms with E-state index in [2.05, 4.69) is 5.32 Å². The number of amides is 1. The average molecular weight is 225 g/mol. The summed E-state index contributed by atoms with van der Waals surface area (Å²) in [6, 6.07) is 0.363. The number of rotatable bonds is 1. The molecular formula is C13H23NO2. The van der Waals surface area contributed by atoms with Crippen molar-refractivity contribution in [3.05, 3.63) is 0 Å². The Morgan fingerprint density at radius 3 is 2.50 bits per heavy atom. The Kier molecular flexibility index (Phi) is 3.13. The molecular weight excluding hydrogens is 202 g/mol. The van der Waals surface area contributed by atoms with Crippen LogP contribution in [-0.4, -0.2) is 17.7 Å². The van der Waals surface area contributed by atoms with E-state index in [0.29, 0.717) is 6.04 Å². The molecule has 0 saturated heterocycles. The lowest BCUT2D eigenvalue weighted by atomic mass is 9.63. The zero-order valence-electron chi connectivity index (χ0n) is 10.6. The first-order valence-electron chi connectivity index (χ1n) is 6.45. The van der Waals surface area contributed by atoms with Crippen LogP contribution in [0.4, 0.5) is 4.79 Å². The molecule has 0 bridgehead atoms. The largest absolute Gasteiger partial charge is 0.444 e. The second kappa shape index (κ2) is 4.27. The first-order chi connectivity index (χ1) is 7.46. The first kappa shape index (κ1) is 11.7. The van der Waals surface area contributed by atoms with E-state index >= 15 is 0 Å². The molecule has 0 aromatic carbocycles. The molecule has 0 spiro atoms. The number of fused-ring (bicyclic) bond motifs is 1. The van der Waals surface area contributed by atoms with Crippen LogP contribution in [0, 0.1) is 11.8 Å². The highest BCUT2D eigenvalue weighted by molar-refractivity contribution is 5.68. The zero-order chi connectivity index (χ0) is 11.8. The monoisotopic (exact) mass is 225 g/mol. The molecule has 3 nitrogen and oxygen atoms in total. The number of alkyl carbamates (subject to hydrolysis) is 1. The van der Waals surface area contributed by atoms with Gasteiger partial charge in [0.25, 0.3) is 0 Å². The maximum absolute atomic E-state index is 11.7. The van der Waals surface area contributed by atoms with Crippen LogP contribution < -0.4 is 5.32 Å². The molecule has 1 unspecified atom stereocenters. The van der Waals surface area contributed by atoms with E-state index in [0.717, 1.165) is 18.3 Å². The molecule has 0 heterocycles. The van der Waals surface area contributed by atoms with Gasteiger partial charge in [-0.3, -0.25) is 0 Å². The summed E-state index contributed by atoms with van der Waals surface area (Å²) >= 11 is 0. The van der Waals surface area contributed by atoms with Crippen molar-refractivity contribution < 1.29 is 9.53 Å². The quantitative estimate of drug-likeness (QED) is 0.744. The molecule has 16 heavy (non-hydrogen) atoms. The average Bonchev–Trinajstić information content (AvgIpc) is 2.04. The van der Waals surface area contributed by atoms with Crippen LogP contribution in [0.1, 0.15) is 52.9 Å². The molecule has 2 aliphatic rings. The standard InChI is InChI=1S/C13H23NO2/c1-13(2,3)16-12(15)14-11-6-4-5-9-7-8-10(9)11/h9-11H,4-8H2,1-3H3,(H,14,15)/t9?,10-,11-/m1/s1. The molecule has 2 aliphatic carbocycles. The van der Waals surface area contributed by atoms with Gasteiger partial charge in [-0.2, -0.15) is 0 Å². The van der Waals surface area contributed by atoms with Gasteiger partial charge < -0.3 is 10.1 Å². The summed E-state index contributed by atoms with van der Waals surface area (Å²) in [4.78, 5) is 11.7. The van der Waals surface area contributed by atoms with Gasteiger partial charge >= 0.3 is 6.09 Å². The Bertz CT molecular complexity index is 270. The van der Waals surface area contributed by atoms with Gasteiger partial charge in [-0.15, -0.1) is 0 Å². The van der Waals surface area contributed by atoms with Crippen LogP contribution in [0.25, 0.3) is 0 Å². The van der Waals surface area contributed by atoms with Gasteiger partial charge in [-0.1, -0.05) is 12.8 Å². The summed E-state index contributed by atoms with van der Waals surface area (Å²) in [5.74, 6) is 1.59. The van der Waals surface area contributed by atoms with Gasteiger partial charge in [-0.05, 0) is 51.9 Å². The minimum atomic E-state index is -0.391. The van der Waals surface area contributed by atoms with E-state index in [1.54, 1.807) is 0 Å². The van der Waals surface area contributed by atoms with Gasteiger partial charge in [0.05, 0.1) is 0 Å². The smallest absolute Gasteiger partial charge is 0.407 e. The molecule has 2 saturated carbocycles. The fourth-order valence-corrected chi connectivity index (χ4v) is 2.94. The summed E-state index contributed by atoms with van der Waals surface area (Å²) in [6.45, 7) is 5.71. The van der Waals surface area contributed by atoms with Crippen molar-refractivity contribution in [1.29, 1.82) is 0 Å². The van der Waals surface area contributed by atoms with Gasteiger partial charge in [0.1, 0.15) is 5.60 Å². The Hall–Kier alpha value is -0.730. The van der Waals surface area contributed by atoms with Crippen LogP contribution >= 0.6 is 0 Å². The van der Waals surface area contributed by atoms with Crippen molar-refractivity contribution in [2.24, 2.45) is 11.8 Å². The number of carbonyl (C=O) groups is 1. The van der Waals surface area contributed by atoms with E-state index in [9.17, 15) is 4.79 Å². The van der Waals surface area contributed by atoms with E-state index in [1.807, 2.05) is 20.8 Å². The highest BCUT2D eigenvalue weighted by Crippen LogP contribution is 2.44. The molecule has 0 aliphatic heterocycles. The normalized spacial score (nSPS) is 33.6. The van der Waals surface area contributed by atoms with Crippen molar-refractivity contribution in [2.45, 2.75) is 64.5 Å². The second-order valence-corrected chi connectivity index (χ2v) is 6.18. The topological polar surface area (TPSA) is 38.3 Å². The Morgan fingerprint density at radius 2 is 1.94 bits per heavy atom. The summed E-state index contributed by atoms with van der Waals surface area (Å²) < 4.78 is 5.30. The summed E-state index contributed by atoms with van der Waals surface area (Å²) in [6.07, 6.45) is 6.13. The lowest BCUT2D eigenvalue weighted by molar-refractivity contribution is 0.0322. The van der Waals surface area contributed by atoms with Gasteiger partial charge in [0.2, 0.25) is 0 Å². The first-order valence-corrected chi connectivity index (χ1v) is 6.45. The van der Waals surface area contributed by atoms with Crippen LogP contribution in [0.15, 0.2) is 0 Å². The molecule has 0 radical (unpaired) electrons. The third-order valence-corrected chi connectivity index (χ3v) is 3.79. The van der Waals surface area contributed by atoms with E-state index in [-0.39, 0.29) is 6.09 Å². The molecule has 92 valence electrons. The molecule has 0 aromatic heterocycles. The van der Waals surface area contributed by atoms with Crippen molar-refractivity contribution in [3.63, 3.8) is 0 Å². The molecule has 1 amide bonds. The maximum Gasteiger partial charge on any atom is 0.407 e. The summed E-state index contributed by atoms with van der Waals surface area (Å²) in [5, 5.41) is 3.05. The van der Waals surface area contributed by atoms with Gasteiger partial charge in [0.15, 0.2) is 0 Å². The lowest BCUT2D eigenvalue weighted by Gasteiger charge is -2.46. The van der Waals surface area contributed by atoms with Crippen LogP contribution in [-0.2, 0) is 4.74 Å². The number of ether oxygens (including phenoxy) is 1. The highest BCUT2D eigenvalue weighted by atomic mass is 16.6. The third kappa shape index (κ3) is 2.69. The number of nitrogens with one attached hydrogen (secondary N) is 1.